The van der Waals surface area contributed by atoms with Crippen molar-refractivity contribution in [2.45, 2.75) is 46.2 Å². The SMILES string of the molecule is Cc1ccc(C(C)NC(=O)Cn2nc(C(C)C)c3cnn(-c4ccccc4)c3c2=O)c(F)c1. The molecule has 33 heavy (non-hydrogen) atoms. The Morgan fingerprint density at radius 1 is 1.12 bits per heavy atom. The summed E-state index contributed by atoms with van der Waals surface area (Å²) in [5.74, 6) is -0.804. The van der Waals surface area contributed by atoms with Crippen LogP contribution in [0.2, 0.25) is 0 Å². The second-order valence-corrected chi connectivity index (χ2v) is 8.47. The zero-order chi connectivity index (χ0) is 23.7. The van der Waals surface area contributed by atoms with E-state index in [9.17, 15) is 14.0 Å². The molecule has 0 aliphatic heterocycles. The summed E-state index contributed by atoms with van der Waals surface area (Å²) in [6.07, 6.45) is 1.64. The molecule has 0 radical (unpaired) electrons. The van der Waals surface area contributed by atoms with Gasteiger partial charge in [0.1, 0.15) is 17.9 Å². The first-order valence-electron chi connectivity index (χ1n) is 10.9. The molecule has 1 atom stereocenters. The Morgan fingerprint density at radius 2 is 1.85 bits per heavy atom. The van der Waals surface area contributed by atoms with Crippen LogP contribution in [0.5, 0.6) is 0 Å². The van der Waals surface area contributed by atoms with Crippen molar-refractivity contribution in [3.05, 3.63) is 87.7 Å². The molecule has 0 saturated heterocycles. The predicted octanol–water partition coefficient (Wildman–Crippen LogP) is 4.03. The van der Waals surface area contributed by atoms with Crippen molar-refractivity contribution in [3.63, 3.8) is 0 Å². The second kappa shape index (κ2) is 8.97. The smallest absolute Gasteiger partial charge is 0.293 e. The van der Waals surface area contributed by atoms with Crippen LogP contribution in [0.25, 0.3) is 16.6 Å². The normalized spacial score (nSPS) is 12.3. The van der Waals surface area contributed by atoms with Crippen molar-refractivity contribution < 1.29 is 9.18 Å². The maximum atomic E-state index is 14.3. The highest BCUT2D eigenvalue weighted by Crippen LogP contribution is 2.23. The number of hydrogen-bond acceptors (Lipinski definition) is 4. The Hall–Kier alpha value is -3.81. The summed E-state index contributed by atoms with van der Waals surface area (Å²) < 4.78 is 17.0. The monoisotopic (exact) mass is 447 g/mol. The number of halogens is 1. The molecule has 170 valence electrons. The van der Waals surface area contributed by atoms with Crippen LogP contribution in [0.4, 0.5) is 4.39 Å². The minimum Gasteiger partial charge on any atom is -0.348 e. The Labute approximate surface area is 190 Å². The quantitative estimate of drug-likeness (QED) is 0.484. The van der Waals surface area contributed by atoms with Gasteiger partial charge in [0.15, 0.2) is 0 Å². The van der Waals surface area contributed by atoms with Crippen molar-refractivity contribution in [2.24, 2.45) is 0 Å². The number of benzene rings is 2. The first-order valence-corrected chi connectivity index (χ1v) is 10.9. The van der Waals surface area contributed by atoms with E-state index >= 15 is 0 Å². The number of rotatable bonds is 6. The van der Waals surface area contributed by atoms with Gasteiger partial charge in [0, 0.05) is 10.9 Å². The number of nitrogens with one attached hydrogen (secondary N) is 1. The van der Waals surface area contributed by atoms with Gasteiger partial charge in [-0.2, -0.15) is 10.2 Å². The zero-order valence-corrected chi connectivity index (χ0v) is 19.0. The van der Waals surface area contributed by atoms with Crippen molar-refractivity contribution in [3.8, 4) is 5.69 Å². The van der Waals surface area contributed by atoms with Gasteiger partial charge in [0.2, 0.25) is 5.91 Å². The summed E-state index contributed by atoms with van der Waals surface area (Å²) in [4.78, 5) is 26.1. The van der Waals surface area contributed by atoms with Crippen LogP contribution >= 0.6 is 0 Å². The molecule has 2 heterocycles. The predicted molar refractivity (Wildman–Crippen MR) is 125 cm³/mol. The van der Waals surface area contributed by atoms with Gasteiger partial charge >= 0.3 is 0 Å². The second-order valence-electron chi connectivity index (χ2n) is 8.47. The van der Waals surface area contributed by atoms with Crippen LogP contribution < -0.4 is 10.9 Å². The third kappa shape index (κ3) is 4.41. The van der Waals surface area contributed by atoms with E-state index in [1.807, 2.05) is 44.2 Å². The molecule has 4 rings (SSSR count). The molecular formula is C25H26FN5O2. The van der Waals surface area contributed by atoms with E-state index in [1.54, 1.807) is 36.9 Å². The van der Waals surface area contributed by atoms with Crippen LogP contribution in [-0.2, 0) is 11.3 Å². The molecule has 4 aromatic rings. The van der Waals surface area contributed by atoms with Crippen LogP contribution in [0.15, 0.2) is 59.5 Å². The fourth-order valence-electron chi connectivity index (χ4n) is 3.88. The maximum Gasteiger partial charge on any atom is 0.293 e. The minimum absolute atomic E-state index is 0.0106. The number of carbonyl (C=O) groups is 1. The zero-order valence-electron chi connectivity index (χ0n) is 19.0. The highest BCUT2D eigenvalue weighted by molar-refractivity contribution is 5.82. The van der Waals surface area contributed by atoms with Gasteiger partial charge in [-0.15, -0.1) is 0 Å². The number of aryl methyl sites for hydroxylation is 1. The number of carbonyl (C=O) groups excluding carboxylic acids is 1. The molecule has 1 amide bonds. The average molecular weight is 448 g/mol. The third-order valence-corrected chi connectivity index (χ3v) is 5.55. The topological polar surface area (TPSA) is 81.8 Å². The molecule has 2 aromatic heterocycles. The molecule has 0 bridgehead atoms. The molecule has 0 saturated carbocycles. The largest absolute Gasteiger partial charge is 0.348 e. The molecule has 1 unspecified atom stereocenters. The van der Waals surface area contributed by atoms with Crippen LogP contribution in [0.3, 0.4) is 0 Å². The Morgan fingerprint density at radius 3 is 2.52 bits per heavy atom. The fraction of sp³-hybridized carbons (Fsp3) is 0.280. The number of aromatic nitrogens is 4. The molecule has 0 fully saturated rings. The van der Waals surface area contributed by atoms with Crippen molar-refractivity contribution in [1.29, 1.82) is 0 Å². The summed E-state index contributed by atoms with van der Waals surface area (Å²) >= 11 is 0. The lowest BCUT2D eigenvalue weighted by Gasteiger charge is -2.17. The van der Waals surface area contributed by atoms with Gasteiger partial charge in [-0.1, -0.05) is 44.2 Å². The number of para-hydroxylation sites is 1. The van der Waals surface area contributed by atoms with E-state index in [1.165, 1.54) is 6.07 Å². The molecule has 0 spiro atoms. The fourth-order valence-corrected chi connectivity index (χ4v) is 3.88. The highest BCUT2D eigenvalue weighted by Gasteiger charge is 2.21. The highest BCUT2D eigenvalue weighted by atomic mass is 19.1. The number of nitrogens with zero attached hydrogens (tertiary/aromatic N) is 4. The van der Waals surface area contributed by atoms with E-state index in [-0.39, 0.29) is 18.3 Å². The van der Waals surface area contributed by atoms with Gasteiger partial charge < -0.3 is 5.32 Å². The lowest BCUT2D eigenvalue weighted by atomic mass is 10.1. The molecule has 2 aromatic carbocycles. The molecule has 8 heteroatoms. The maximum absolute atomic E-state index is 14.3. The number of hydrogen-bond donors (Lipinski definition) is 1. The van der Waals surface area contributed by atoms with E-state index in [0.717, 1.165) is 15.9 Å². The summed E-state index contributed by atoms with van der Waals surface area (Å²) in [5.41, 5.74) is 2.55. The van der Waals surface area contributed by atoms with Gasteiger partial charge in [-0.25, -0.2) is 13.8 Å². The van der Waals surface area contributed by atoms with Gasteiger partial charge in [0.05, 0.1) is 23.6 Å². The van der Waals surface area contributed by atoms with E-state index in [2.05, 4.69) is 15.5 Å². The number of fused-ring (bicyclic) bond motifs is 1. The van der Waals surface area contributed by atoms with Crippen LogP contribution in [-0.4, -0.2) is 25.5 Å². The van der Waals surface area contributed by atoms with Crippen molar-refractivity contribution >= 4 is 16.8 Å². The van der Waals surface area contributed by atoms with Gasteiger partial charge in [-0.05, 0) is 43.5 Å². The Kier molecular flexibility index (Phi) is 6.09. The lowest BCUT2D eigenvalue weighted by molar-refractivity contribution is -0.122. The summed E-state index contributed by atoms with van der Waals surface area (Å²) in [6, 6.07) is 13.6. The first kappa shape index (κ1) is 22.4. The van der Waals surface area contributed by atoms with Crippen molar-refractivity contribution in [2.75, 3.05) is 0 Å². The standard InChI is InChI=1S/C25H26FN5O2/c1-15(2)23-20-13-27-31(18-8-6-5-7-9-18)24(20)25(33)30(29-23)14-22(32)28-17(4)19-11-10-16(3)12-21(19)26/h5-13,15,17H,14H2,1-4H3,(H,28,32). The molecule has 0 aliphatic carbocycles. The van der Waals surface area contributed by atoms with Crippen LogP contribution in [0, 0.1) is 12.7 Å². The van der Waals surface area contributed by atoms with Crippen LogP contribution in [0.1, 0.15) is 49.6 Å². The molecule has 1 N–H and O–H groups in total. The minimum atomic E-state index is -0.558. The third-order valence-electron chi connectivity index (χ3n) is 5.55. The summed E-state index contributed by atoms with van der Waals surface area (Å²) in [5, 5.41) is 12.3. The Bertz CT molecular complexity index is 1380. The van der Waals surface area contributed by atoms with Crippen molar-refractivity contribution in [1.82, 2.24) is 24.9 Å². The average Bonchev–Trinajstić information content (AvgIpc) is 3.21. The molecule has 7 nitrogen and oxygen atoms in total. The molecular weight excluding hydrogens is 421 g/mol. The first-order chi connectivity index (χ1) is 15.8. The van der Waals surface area contributed by atoms with E-state index < -0.39 is 17.5 Å². The van der Waals surface area contributed by atoms with Gasteiger partial charge in [0.25, 0.3) is 5.56 Å². The van der Waals surface area contributed by atoms with E-state index in [4.69, 9.17) is 0 Å². The van der Waals surface area contributed by atoms with Gasteiger partial charge in [-0.3, -0.25) is 9.59 Å². The number of amides is 1. The molecule has 0 aliphatic rings. The van der Waals surface area contributed by atoms with E-state index in [0.29, 0.717) is 22.2 Å². The summed E-state index contributed by atoms with van der Waals surface area (Å²) in [6.45, 7) is 7.16. The Balaban J connectivity index is 1.69. The lowest BCUT2D eigenvalue weighted by Crippen LogP contribution is -2.36. The summed E-state index contributed by atoms with van der Waals surface area (Å²) in [7, 11) is 0.